The molecule has 1 aliphatic heterocycles. The number of para-hydroxylation sites is 1. The van der Waals surface area contributed by atoms with Crippen molar-refractivity contribution < 1.29 is 9.72 Å². The van der Waals surface area contributed by atoms with E-state index < -0.39 is 4.92 Å². The van der Waals surface area contributed by atoms with Gasteiger partial charge >= 0.3 is 0 Å². The number of hydrogen-bond acceptors (Lipinski definition) is 3. The van der Waals surface area contributed by atoms with Crippen LogP contribution < -0.4 is 4.90 Å². The molecule has 112 valence electrons. The summed E-state index contributed by atoms with van der Waals surface area (Å²) in [5, 5.41) is 11.0. The number of nitrogens with zero attached hydrogens (tertiary/aromatic N) is 2. The third-order valence-electron chi connectivity index (χ3n) is 3.82. The highest BCUT2D eigenvalue weighted by Crippen LogP contribution is 2.34. The van der Waals surface area contributed by atoms with Gasteiger partial charge in [0.2, 0.25) is 0 Å². The zero-order valence-electron chi connectivity index (χ0n) is 11.8. The number of nitro groups is 1. The maximum Gasteiger partial charge on any atom is 0.284 e. The van der Waals surface area contributed by atoms with Gasteiger partial charge < -0.3 is 4.90 Å². The molecule has 0 bridgehead atoms. The van der Waals surface area contributed by atoms with Crippen LogP contribution in [0.3, 0.4) is 0 Å². The van der Waals surface area contributed by atoms with E-state index in [4.69, 9.17) is 0 Å². The maximum atomic E-state index is 12.8. The molecule has 0 N–H and O–H groups in total. The number of carbonyl (C=O) groups is 1. The molecule has 0 fully saturated rings. The predicted molar refractivity (Wildman–Crippen MR) is 87.2 cm³/mol. The number of rotatable bonds is 2. The van der Waals surface area contributed by atoms with Crippen LogP contribution in [0.1, 0.15) is 22.8 Å². The summed E-state index contributed by atoms with van der Waals surface area (Å²) < 4.78 is 0.365. The average Bonchev–Trinajstić information content (AvgIpc) is 2.82. The van der Waals surface area contributed by atoms with Crippen LogP contribution in [0.25, 0.3) is 0 Å². The summed E-state index contributed by atoms with van der Waals surface area (Å²) in [5.74, 6) is -0.215. The number of fused-ring (bicyclic) bond motifs is 1. The van der Waals surface area contributed by atoms with E-state index in [-0.39, 0.29) is 17.6 Å². The van der Waals surface area contributed by atoms with Crippen LogP contribution in [0.5, 0.6) is 0 Å². The Hall–Kier alpha value is -2.21. The second-order valence-electron chi connectivity index (χ2n) is 5.28. The van der Waals surface area contributed by atoms with Crippen LogP contribution in [0.2, 0.25) is 0 Å². The second kappa shape index (κ2) is 5.53. The molecule has 1 heterocycles. The van der Waals surface area contributed by atoms with Crippen molar-refractivity contribution in [2.24, 2.45) is 0 Å². The topological polar surface area (TPSA) is 63.5 Å². The average molecular weight is 361 g/mol. The zero-order chi connectivity index (χ0) is 15.9. The molecule has 0 spiro atoms. The van der Waals surface area contributed by atoms with E-state index in [1.165, 1.54) is 12.1 Å². The maximum absolute atomic E-state index is 12.8. The third kappa shape index (κ3) is 2.39. The first-order valence-corrected chi connectivity index (χ1v) is 7.63. The van der Waals surface area contributed by atoms with Crippen LogP contribution in [0.15, 0.2) is 46.9 Å². The van der Waals surface area contributed by atoms with Crippen LogP contribution in [-0.2, 0) is 6.42 Å². The molecule has 0 aromatic heterocycles. The Balaban J connectivity index is 2.02. The molecule has 0 aliphatic carbocycles. The lowest BCUT2D eigenvalue weighted by Crippen LogP contribution is -2.35. The molecule has 22 heavy (non-hydrogen) atoms. The molecule has 6 heteroatoms. The van der Waals surface area contributed by atoms with Crippen molar-refractivity contribution in [2.75, 3.05) is 4.90 Å². The van der Waals surface area contributed by atoms with Gasteiger partial charge in [-0.15, -0.1) is 0 Å². The van der Waals surface area contributed by atoms with Gasteiger partial charge in [-0.3, -0.25) is 14.9 Å². The fraction of sp³-hybridized carbons (Fsp3) is 0.188. The predicted octanol–water partition coefficient (Wildman–Crippen LogP) is 3.95. The lowest BCUT2D eigenvalue weighted by atomic mass is 10.1. The van der Waals surface area contributed by atoms with Crippen molar-refractivity contribution in [1.29, 1.82) is 0 Å². The molecule has 3 rings (SSSR count). The molecule has 1 unspecified atom stereocenters. The number of benzene rings is 2. The van der Waals surface area contributed by atoms with Crippen molar-refractivity contribution in [3.63, 3.8) is 0 Å². The molecule has 5 nitrogen and oxygen atoms in total. The first-order chi connectivity index (χ1) is 10.5. The molecule has 2 aromatic carbocycles. The van der Waals surface area contributed by atoms with Gasteiger partial charge in [-0.25, -0.2) is 0 Å². The Morgan fingerprint density at radius 2 is 2.05 bits per heavy atom. The highest BCUT2D eigenvalue weighted by Gasteiger charge is 2.31. The smallest absolute Gasteiger partial charge is 0.284 e. The SMILES string of the molecule is CC1Cc2ccccc2N1C(=O)c1ccc(Br)c([N+](=O)[O-])c1. The minimum absolute atomic E-state index is 0.0348. The van der Waals surface area contributed by atoms with Gasteiger partial charge in [0.15, 0.2) is 0 Å². The van der Waals surface area contributed by atoms with Gasteiger partial charge in [-0.1, -0.05) is 18.2 Å². The molecule has 1 atom stereocenters. The number of amides is 1. The van der Waals surface area contributed by atoms with Crippen LogP contribution in [-0.4, -0.2) is 16.9 Å². The van der Waals surface area contributed by atoms with E-state index in [0.717, 1.165) is 17.7 Å². The number of nitro benzene ring substituents is 1. The van der Waals surface area contributed by atoms with E-state index in [1.807, 2.05) is 31.2 Å². The third-order valence-corrected chi connectivity index (χ3v) is 4.49. The lowest BCUT2D eigenvalue weighted by molar-refractivity contribution is -0.385. The van der Waals surface area contributed by atoms with Gasteiger partial charge in [-0.05, 0) is 53.0 Å². The Morgan fingerprint density at radius 1 is 1.32 bits per heavy atom. The molecular formula is C16H13BrN2O3. The quantitative estimate of drug-likeness (QED) is 0.601. The summed E-state index contributed by atoms with van der Waals surface area (Å²) in [4.78, 5) is 25.0. The summed E-state index contributed by atoms with van der Waals surface area (Å²) in [6.07, 6.45) is 0.792. The van der Waals surface area contributed by atoms with Crippen molar-refractivity contribution in [1.82, 2.24) is 0 Å². The Labute approximate surface area is 135 Å². The molecule has 2 aromatic rings. The number of anilines is 1. The molecule has 1 amide bonds. The minimum atomic E-state index is -0.498. The van der Waals surface area contributed by atoms with Crippen molar-refractivity contribution in [3.8, 4) is 0 Å². The lowest BCUT2D eigenvalue weighted by Gasteiger charge is -2.22. The zero-order valence-corrected chi connectivity index (χ0v) is 13.4. The van der Waals surface area contributed by atoms with Gasteiger partial charge in [-0.2, -0.15) is 0 Å². The summed E-state index contributed by atoms with van der Waals surface area (Å²) in [6, 6.07) is 12.2. The van der Waals surface area contributed by atoms with Crippen molar-refractivity contribution in [3.05, 3.63) is 68.2 Å². The number of carbonyl (C=O) groups excluding carboxylic acids is 1. The second-order valence-corrected chi connectivity index (χ2v) is 6.13. The highest BCUT2D eigenvalue weighted by atomic mass is 79.9. The van der Waals surface area contributed by atoms with Crippen molar-refractivity contribution in [2.45, 2.75) is 19.4 Å². The highest BCUT2D eigenvalue weighted by molar-refractivity contribution is 9.10. The molecule has 0 radical (unpaired) electrons. The van der Waals surface area contributed by atoms with E-state index in [2.05, 4.69) is 15.9 Å². The van der Waals surface area contributed by atoms with Gasteiger partial charge in [0, 0.05) is 23.4 Å². The summed E-state index contributed by atoms with van der Waals surface area (Å²) >= 11 is 3.13. The van der Waals surface area contributed by atoms with Crippen LogP contribution >= 0.6 is 15.9 Å². The first kappa shape index (κ1) is 14.7. The fourth-order valence-corrected chi connectivity index (χ4v) is 3.19. The van der Waals surface area contributed by atoms with Gasteiger partial charge in [0.05, 0.1) is 9.40 Å². The Kier molecular flexibility index (Phi) is 3.70. The molecule has 0 saturated heterocycles. The fourth-order valence-electron chi connectivity index (χ4n) is 2.80. The monoisotopic (exact) mass is 360 g/mol. The van der Waals surface area contributed by atoms with E-state index in [1.54, 1.807) is 11.0 Å². The Morgan fingerprint density at radius 3 is 2.77 bits per heavy atom. The summed E-state index contributed by atoms with van der Waals surface area (Å²) in [7, 11) is 0. The number of hydrogen-bond donors (Lipinski definition) is 0. The largest absolute Gasteiger partial charge is 0.305 e. The Bertz CT molecular complexity index is 776. The summed E-state index contributed by atoms with van der Waals surface area (Å²) in [6.45, 7) is 1.98. The number of halogens is 1. The van der Waals surface area contributed by atoms with E-state index in [0.29, 0.717) is 10.0 Å². The van der Waals surface area contributed by atoms with Crippen LogP contribution in [0.4, 0.5) is 11.4 Å². The van der Waals surface area contributed by atoms with Gasteiger partial charge in [0.25, 0.3) is 11.6 Å². The van der Waals surface area contributed by atoms with Gasteiger partial charge in [0.1, 0.15) is 0 Å². The molecular weight excluding hydrogens is 348 g/mol. The first-order valence-electron chi connectivity index (χ1n) is 6.84. The van der Waals surface area contributed by atoms with E-state index in [9.17, 15) is 14.9 Å². The minimum Gasteiger partial charge on any atom is -0.305 e. The van der Waals surface area contributed by atoms with Crippen molar-refractivity contribution >= 4 is 33.2 Å². The normalized spacial score (nSPS) is 16.5. The molecule has 0 saturated carbocycles. The summed E-state index contributed by atoms with van der Waals surface area (Å²) in [5.41, 5.74) is 2.21. The standard InChI is InChI=1S/C16H13BrN2O3/c1-10-8-11-4-2-3-5-14(11)18(10)16(20)12-6-7-13(17)15(9-12)19(21)22/h2-7,9-10H,8H2,1H3. The van der Waals surface area contributed by atoms with Crippen LogP contribution in [0, 0.1) is 10.1 Å². The van der Waals surface area contributed by atoms with E-state index >= 15 is 0 Å². The molecule has 1 aliphatic rings.